The highest BCUT2D eigenvalue weighted by atomic mass is 35.5. The Hall–Kier alpha value is -3.03. The van der Waals surface area contributed by atoms with Crippen molar-refractivity contribution >= 4 is 46.6 Å². The van der Waals surface area contributed by atoms with E-state index in [0.29, 0.717) is 53.1 Å². The van der Waals surface area contributed by atoms with Crippen molar-refractivity contribution in [1.82, 2.24) is 10.2 Å². The number of hydrogen-bond donors (Lipinski definition) is 1. The van der Waals surface area contributed by atoms with Crippen molar-refractivity contribution in [3.05, 3.63) is 70.3 Å². The zero-order chi connectivity index (χ0) is 22.8. The van der Waals surface area contributed by atoms with Crippen LogP contribution in [0.4, 0.5) is 10.5 Å². The SMILES string of the molecule is C=C(CCN1CCN(c2ccc(Cl)cc2)C1=O)NC(=O)[C@H]1CC(=O)c2cc(Cl)ccc2O1. The minimum atomic E-state index is -0.943. The highest BCUT2D eigenvalue weighted by Gasteiger charge is 2.32. The van der Waals surface area contributed by atoms with E-state index < -0.39 is 12.0 Å². The Morgan fingerprint density at radius 2 is 1.81 bits per heavy atom. The van der Waals surface area contributed by atoms with Crippen LogP contribution < -0.4 is 15.0 Å². The van der Waals surface area contributed by atoms with Gasteiger partial charge in [-0.05, 0) is 42.5 Å². The molecule has 3 amide bonds. The summed E-state index contributed by atoms with van der Waals surface area (Å²) in [5.74, 6) is -0.315. The highest BCUT2D eigenvalue weighted by molar-refractivity contribution is 6.31. The van der Waals surface area contributed by atoms with E-state index in [1.807, 2.05) is 0 Å². The Morgan fingerprint density at radius 1 is 1.09 bits per heavy atom. The number of halogens is 2. The lowest BCUT2D eigenvalue weighted by molar-refractivity contribution is -0.127. The number of amides is 3. The second kappa shape index (κ2) is 9.22. The standard InChI is InChI=1S/C23H21Cl2N3O4/c1-14(8-9-27-10-11-28(23(27)31)17-5-2-15(24)3-6-17)26-22(30)21-13-19(29)18-12-16(25)4-7-20(18)32-21/h2-7,12,21H,1,8-11,13H2,(H,26,30)/t21-/m1/s1. The lowest BCUT2D eigenvalue weighted by Gasteiger charge is -2.25. The molecule has 0 aliphatic carbocycles. The van der Waals surface area contributed by atoms with Crippen molar-refractivity contribution < 1.29 is 19.1 Å². The molecule has 1 fully saturated rings. The van der Waals surface area contributed by atoms with E-state index in [2.05, 4.69) is 11.9 Å². The summed E-state index contributed by atoms with van der Waals surface area (Å²) < 4.78 is 5.67. The molecule has 2 aliphatic heterocycles. The van der Waals surface area contributed by atoms with Gasteiger partial charge in [-0.25, -0.2) is 4.79 Å². The van der Waals surface area contributed by atoms with Gasteiger partial charge in [0.25, 0.3) is 5.91 Å². The van der Waals surface area contributed by atoms with Crippen molar-refractivity contribution in [2.45, 2.75) is 18.9 Å². The van der Waals surface area contributed by atoms with Gasteiger partial charge in [0.05, 0.1) is 12.0 Å². The molecule has 0 saturated carbocycles. The molecule has 4 rings (SSSR count). The van der Waals surface area contributed by atoms with Crippen LogP contribution in [0.1, 0.15) is 23.2 Å². The van der Waals surface area contributed by atoms with Crippen molar-refractivity contribution in [2.75, 3.05) is 24.5 Å². The minimum Gasteiger partial charge on any atom is -0.479 e. The summed E-state index contributed by atoms with van der Waals surface area (Å²) in [4.78, 5) is 41.0. The summed E-state index contributed by atoms with van der Waals surface area (Å²) in [6.45, 7) is 5.43. The monoisotopic (exact) mass is 473 g/mol. The van der Waals surface area contributed by atoms with E-state index in [1.165, 1.54) is 6.07 Å². The van der Waals surface area contributed by atoms with Gasteiger partial charge in [0, 0.05) is 47.5 Å². The number of carbonyl (C=O) groups excluding carboxylic acids is 3. The van der Waals surface area contributed by atoms with Crippen molar-refractivity contribution in [1.29, 1.82) is 0 Å². The maximum atomic E-state index is 12.7. The molecule has 0 aromatic heterocycles. The van der Waals surface area contributed by atoms with Gasteiger partial charge in [-0.1, -0.05) is 29.8 Å². The average Bonchev–Trinajstić information content (AvgIpc) is 3.13. The number of benzene rings is 2. The summed E-state index contributed by atoms with van der Waals surface area (Å²) in [5.41, 5.74) is 1.61. The van der Waals surface area contributed by atoms with Gasteiger partial charge in [-0.2, -0.15) is 0 Å². The molecule has 0 unspecified atom stereocenters. The number of anilines is 1. The lowest BCUT2D eigenvalue weighted by Crippen LogP contribution is -2.42. The van der Waals surface area contributed by atoms with E-state index in [0.717, 1.165) is 5.69 Å². The first kappa shape index (κ1) is 22.2. The number of nitrogens with one attached hydrogen (secondary N) is 1. The number of hydrogen-bond acceptors (Lipinski definition) is 4. The number of urea groups is 1. The van der Waals surface area contributed by atoms with E-state index >= 15 is 0 Å². The number of fused-ring (bicyclic) bond motifs is 1. The van der Waals surface area contributed by atoms with E-state index in [4.69, 9.17) is 27.9 Å². The summed E-state index contributed by atoms with van der Waals surface area (Å²) >= 11 is 11.8. The molecule has 166 valence electrons. The first-order chi connectivity index (χ1) is 15.3. The molecule has 2 aromatic rings. The van der Waals surface area contributed by atoms with Crippen molar-refractivity contribution in [3.8, 4) is 5.75 Å². The van der Waals surface area contributed by atoms with Gasteiger partial charge in [0.15, 0.2) is 11.9 Å². The normalized spacial score (nSPS) is 17.8. The molecular weight excluding hydrogens is 453 g/mol. The predicted molar refractivity (Wildman–Crippen MR) is 122 cm³/mol. The maximum Gasteiger partial charge on any atom is 0.324 e. The molecule has 0 bridgehead atoms. The minimum absolute atomic E-state index is 0.0763. The summed E-state index contributed by atoms with van der Waals surface area (Å²) in [6, 6.07) is 11.7. The summed E-state index contributed by atoms with van der Waals surface area (Å²) in [7, 11) is 0. The van der Waals surface area contributed by atoms with Gasteiger partial charge in [-0.15, -0.1) is 0 Å². The largest absolute Gasteiger partial charge is 0.479 e. The molecule has 2 aliphatic rings. The van der Waals surface area contributed by atoms with Crippen LogP contribution in [0.15, 0.2) is 54.7 Å². The van der Waals surface area contributed by atoms with Crippen molar-refractivity contribution in [2.24, 2.45) is 0 Å². The Morgan fingerprint density at radius 3 is 2.56 bits per heavy atom. The number of carbonyl (C=O) groups is 3. The van der Waals surface area contributed by atoms with Crippen LogP contribution in [-0.2, 0) is 4.79 Å². The molecule has 1 N–H and O–H groups in total. The fourth-order valence-corrected chi connectivity index (χ4v) is 3.98. The third kappa shape index (κ3) is 4.74. The van der Waals surface area contributed by atoms with Crippen LogP contribution in [0, 0.1) is 0 Å². The quantitative estimate of drug-likeness (QED) is 0.678. The van der Waals surface area contributed by atoms with Crippen LogP contribution in [0.5, 0.6) is 5.75 Å². The Balaban J connectivity index is 1.28. The van der Waals surface area contributed by atoms with Crippen molar-refractivity contribution in [3.63, 3.8) is 0 Å². The van der Waals surface area contributed by atoms with Crippen LogP contribution in [-0.4, -0.2) is 48.4 Å². The van der Waals surface area contributed by atoms with Crippen LogP contribution in [0.3, 0.4) is 0 Å². The summed E-state index contributed by atoms with van der Waals surface area (Å²) in [5, 5.41) is 3.74. The number of Topliss-reactive ketones (excluding diaryl/α,β-unsaturated/α-hetero) is 1. The number of ether oxygens (including phenoxy) is 1. The Labute approximate surface area is 195 Å². The fraction of sp³-hybridized carbons (Fsp3) is 0.261. The fourth-order valence-electron chi connectivity index (χ4n) is 3.68. The lowest BCUT2D eigenvalue weighted by atomic mass is 10.0. The predicted octanol–water partition coefficient (Wildman–Crippen LogP) is 4.29. The van der Waals surface area contributed by atoms with E-state index in [-0.39, 0.29) is 18.2 Å². The maximum absolute atomic E-state index is 12.7. The molecule has 9 heteroatoms. The first-order valence-electron chi connectivity index (χ1n) is 10.1. The van der Waals surface area contributed by atoms with Gasteiger partial charge in [-0.3, -0.25) is 14.5 Å². The summed E-state index contributed by atoms with van der Waals surface area (Å²) in [6.07, 6.45) is -0.631. The number of nitrogens with zero attached hydrogens (tertiary/aromatic N) is 2. The molecule has 7 nitrogen and oxygen atoms in total. The smallest absolute Gasteiger partial charge is 0.324 e. The van der Waals surface area contributed by atoms with E-state index in [1.54, 1.807) is 46.2 Å². The zero-order valence-corrected chi connectivity index (χ0v) is 18.7. The molecule has 1 saturated heterocycles. The number of ketones is 1. The van der Waals surface area contributed by atoms with Crippen LogP contribution in [0.2, 0.25) is 10.0 Å². The Kier molecular flexibility index (Phi) is 6.39. The van der Waals surface area contributed by atoms with Crippen LogP contribution >= 0.6 is 23.2 Å². The number of rotatable bonds is 6. The van der Waals surface area contributed by atoms with Gasteiger partial charge >= 0.3 is 6.03 Å². The third-order valence-corrected chi connectivity index (χ3v) is 5.88. The first-order valence-corrected chi connectivity index (χ1v) is 10.9. The van der Waals surface area contributed by atoms with Gasteiger partial charge in [0.1, 0.15) is 5.75 Å². The molecule has 2 aromatic carbocycles. The molecular formula is C23H21Cl2N3O4. The average molecular weight is 474 g/mol. The van der Waals surface area contributed by atoms with E-state index in [9.17, 15) is 14.4 Å². The second-order valence-electron chi connectivity index (χ2n) is 7.61. The van der Waals surface area contributed by atoms with Crippen LogP contribution in [0.25, 0.3) is 0 Å². The second-order valence-corrected chi connectivity index (χ2v) is 8.49. The topological polar surface area (TPSA) is 79.0 Å². The molecule has 2 heterocycles. The molecule has 0 radical (unpaired) electrons. The molecule has 1 atom stereocenters. The van der Waals surface area contributed by atoms with Gasteiger partial charge in [0.2, 0.25) is 0 Å². The third-order valence-electron chi connectivity index (χ3n) is 5.39. The Bertz CT molecular complexity index is 1090. The zero-order valence-electron chi connectivity index (χ0n) is 17.1. The van der Waals surface area contributed by atoms with Gasteiger partial charge < -0.3 is 15.0 Å². The molecule has 0 spiro atoms. The molecule has 32 heavy (non-hydrogen) atoms. The highest BCUT2D eigenvalue weighted by Crippen LogP contribution is 2.30.